The normalized spacial score (nSPS) is 12.2. The Morgan fingerprint density at radius 3 is 2.19 bits per heavy atom. The molecule has 0 aliphatic carbocycles. The second-order valence-corrected chi connectivity index (χ2v) is 4.10. The van der Waals surface area contributed by atoms with Gasteiger partial charge in [-0.05, 0) is 18.1 Å². The Labute approximate surface area is 96.1 Å². The average Bonchev–Trinajstić information content (AvgIpc) is 2.25. The molecule has 0 radical (unpaired) electrons. The third kappa shape index (κ3) is 2.69. The molecule has 0 aliphatic heterocycles. The maximum atomic E-state index is 11.6. The Kier molecular flexibility index (Phi) is 4.23. The summed E-state index contributed by atoms with van der Waals surface area (Å²) in [6, 6.07) is 8.86. The van der Waals surface area contributed by atoms with Crippen LogP contribution in [0.25, 0.3) is 0 Å². The number of carbonyl (C=O) groups excluding carboxylic acids is 2. The topological polar surface area (TPSA) is 37.4 Å². The molecule has 0 heterocycles. The van der Waals surface area contributed by atoms with Crippen LogP contribution in [0.3, 0.4) is 0 Å². The Bertz CT molecular complexity index is 359. The summed E-state index contributed by atoms with van der Waals surface area (Å²) < 4.78 is 0. The lowest BCUT2D eigenvalue weighted by Gasteiger charge is -2.29. The van der Waals surface area contributed by atoms with Crippen LogP contribution in [0.4, 0.5) is 5.69 Å². The van der Waals surface area contributed by atoms with Crippen LogP contribution in [0, 0.1) is 5.92 Å². The van der Waals surface area contributed by atoms with E-state index in [-0.39, 0.29) is 11.8 Å². The number of anilines is 1. The molecule has 1 aromatic carbocycles. The van der Waals surface area contributed by atoms with Gasteiger partial charge in [-0.25, -0.2) is 0 Å². The van der Waals surface area contributed by atoms with Gasteiger partial charge in [0.25, 0.3) is 0 Å². The molecule has 16 heavy (non-hydrogen) atoms. The predicted molar refractivity (Wildman–Crippen MR) is 64.3 cm³/mol. The summed E-state index contributed by atoms with van der Waals surface area (Å²) in [6.07, 6.45) is 0.832. The maximum absolute atomic E-state index is 11.6. The van der Waals surface area contributed by atoms with Crippen LogP contribution in [0.5, 0.6) is 0 Å². The molecule has 0 saturated carbocycles. The maximum Gasteiger partial charge on any atom is 0.224 e. The number of hydrogen-bond acceptors (Lipinski definition) is 2. The summed E-state index contributed by atoms with van der Waals surface area (Å²) in [4.78, 5) is 24.2. The highest BCUT2D eigenvalue weighted by atomic mass is 16.2. The first-order chi connectivity index (χ1) is 7.57. The van der Waals surface area contributed by atoms with Crippen molar-refractivity contribution >= 4 is 17.9 Å². The highest BCUT2D eigenvalue weighted by Gasteiger charge is 2.24. The Morgan fingerprint density at radius 2 is 1.81 bits per heavy atom. The highest BCUT2D eigenvalue weighted by molar-refractivity contribution is 5.95. The Morgan fingerprint density at radius 1 is 1.25 bits per heavy atom. The van der Waals surface area contributed by atoms with Crippen LogP contribution in [0.1, 0.15) is 20.8 Å². The molecule has 1 aromatic rings. The molecule has 0 aromatic heterocycles. The number of hydrogen-bond donors (Lipinski definition) is 0. The molecule has 1 rings (SSSR count). The lowest BCUT2D eigenvalue weighted by molar-refractivity contribution is -0.119. The van der Waals surface area contributed by atoms with Crippen LogP contribution >= 0.6 is 0 Å². The quantitative estimate of drug-likeness (QED) is 0.728. The van der Waals surface area contributed by atoms with E-state index in [9.17, 15) is 9.59 Å². The summed E-state index contributed by atoms with van der Waals surface area (Å²) in [5.41, 5.74) is 0.765. The number of nitrogens with zero attached hydrogens (tertiary/aromatic N) is 1. The predicted octanol–water partition coefficient (Wildman–Crippen LogP) is 2.26. The summed E-state index contributed by atoms with van der Waals surface area (Å²) in [5, 5.41) is 0. The first kappa shape index (κ1) is 12.4. The van der Waals surface area contributed by atoms with Crippen molar-refractivity contribution in [3.63, 3.8) is 0 Å². The van der Waals surface area contributed by atoms with Crippen LogP contribution in [0.15, 0.2) is 30.3 Å². The lowest BCUT2D eigenvalue weighted by Crippen LogP contribution is -2.43. The summed E-state index contributed by atoms with van der Waals surface area (Å²) in [7, 11) is 0. The number of aldehydes is 1. The van der Waals surface area contributed by atoms with E-state index in [4.69, 9.17) is 0 Å². The molecule has 0 bridgehead atoms. The molecule has 1 atom stereocenters. The van der Waals surface area contributed by atoms with Crippen molar-refractivity contribution in [1.82, 2.24) is 0 Å². The fourth-order valence-corrected chi connectivity index (χ4v) is 1.67. The molecular weight excluding hydrogens is 202 g/mol. The van der Waals surface area contributed by atoms with Gasteiger partial charge in [-0.2, -0.15) is 0 Å². The van der Waals surface area contributed by atoms with E-state index in [1.165, 1.54) is 11.8 Å². The molecule has 86 valence electrons. The van der Waals surface area contributed by atoms with Crippen LogP contribution < -0.4 is 4.90 Å². The molecule has 1 amide bonds. The van der Waals surface area contributed by atoms with Gasteiger partial charge in [-0.3, -0.25) is 4.79 Å². The van der Waals surface area contributed by atoms with Gasteiger partial charge in [0, 0.05) is 12.6 Å². The minimum atomic E-state index is -0.403. The number of rotatable bonds is 4. The Hall–Kier alpha value is -1.64. The summed E-state index contributed by atoms with van der Waals surface area (Å²) in [5.74, 6) is -0.0152. The fourth-order valence-electron chi connectivity index (χ4n) is 1.67. The van der Waals surface area contributed by atoms with Crippen molar-refractivity contribution in [2.24, 2.45) is 5.92 Å². The first-order valence-corrected chi connectivity index (χ1v) is 5.38. The van der Waals surface area contributed by atoms with Gasteiger partial charge in [0.2, 0.25) is 5.91 Å². The van der Waals surface area contributed by atoms with Crippen molar-refractivity contribution in [2.75, 3.05) is 4.90 Å². The van der Waals surface area contributed by atoms with Crippen LogP contribution in [-0.2, 0) is 9.59 Å². The third-order valence-electron chi connectivity index (χ3n) is 2.49. The lowest BCUT2D eigenvalue weighted by atomic mass is 10.0. The van der Waals surface area contributed by atoms with Crippen molar-refractivity contribution < 1.29 is 9.59 Å². The van der Waals surface area contributed by atoms with Gasteiger partial charge in [0.05, 0.1) is 6.04 Å². The van der Waals surface area contributed by atoms with Crippen LogP contribution in [-0.4, -0.2) is 18.2 Å². The second kappa shape index (κ2) is 5.45. The van der Waals surface area contributed by atoms with E-state index in [0.717, 1.165) is 12.0 Å². The van der Waals surface area contributed by atoms with Gasteiger partial charge < -0.3 is 9.69 Å². The molecule has 1 unspecified atom stereocenters. The van der Waals surface area contributed by atoms with E-state index < -0.39 is 6.04 Å². The zero-order valence-electron chi connectivity index (χ0n) is 9.88. The number of benzene rings is 1. The monoisotopic (exact) mass is 219 g/mol. The van der Waals surface area contributed by atoms with Gasteiger partial charge >= 0.3 is 0 Å². The van der Waals surface area contributed by atoms with E-state index in [1.54, 1.807) is 0 Å². The zero-order chi connectivity index (χ0) is 12.1. The number of para-hydroxylation sites is 1. The molecule has 3 nitrogen and oxygen atoms in total. The van der Waals surface area contributed by atoms with Crippen molar-refractivity contribution in [3.05, 3.63) is 30.3 Å². The minimum absolute atomic E-state index is 0.0987. The SMILES string of the molecule is CC(=O)N(c1ccccc1)C(C=O)C(C)C. The van der Waals surface area contributed by atoms with E-state index in [0.29, 0.717) is 0 Å². The zero-order valence-corrected chi connectivity index (χ0v) is 9.88. The van der Waals surface area contributed by atoms with E-state index in [2.05, 4.69) is 0 Å². The van der Waals surface area contributed by atoms with Gasteiger partial charge in [-0.15, -0.1) is 0 Å². The molecule has 3 heteroatoms. The van der Waals surface area contributed by atoms with Crippen molar-refractivity contribution in [2.45, 2.75) is 26.8 Å². The average molecular weight is 219 g/mol. The molecular formula is C13H17NO2. The smallest absolute Gasteiger partial charge is 0.224 e. The van der Waals surface area contributed by atoms with E-state index >= 15 is 0 Å². The molecule has 0 fully saturated rings. The van der Waals surface area contributed by atoms with Gasteiger partial charge in [-0.1, -0.05) is 32.0 Å². The standard InChI is InChI=1S/C13H17NO2/c1-10(2)13(9-15)14(11(3)16)12-7-5-4-6-8-12/h4-10,13H,1-3H3. The Balaban J connectivity index is 3.09. The van der Waals surface area contributed by atoms with Crippen molar-refractivity contribution in [1.29, 1.82) is 0 Å². The molecule has 0 spiro atoms. The molecule has 0 aliphatic rings. The third-order valence-corrected chi connectivity index (χ3v) is 2.49. The highest BCUT2D eigenvalue weighted by Crippen LogP contribution is 2.19. The number of carbonyl (C=O) groups is 2. The molecule has 0 saturated heterocycles. The van der Waals surface area contributed by atoms with Crippen molar-refractivity contribution in [3.8, 4) is 0 Å². The minimum Gasteiger partial charge on any atom is -0.302 e. The van der Waals surface area contributed by atoms with Gasteiger partial charge in [0.15, 0.2) is 0 Å². The second-order valence-electron chi connectivity index (χ2n) is 4.10. The summed E-state index contributed by atoms with van der Waals surface area (Å²) in [6.45, 7) is 5.34. The fraction of sp³-hybridized carbons (Fsp3) is 0.385. The molecule has 0 N–H and O–H groups in total. The van der Waals surface area contributed by atoms with Gasteiger partial charge in [0.1, 0.15) is 6.29 Å². The first-order valence-electron chi connectivity index (χ1n) is 5.38. The number of amides is 1. The van der Waals surface area contributed by atoms with Crippen LogP contribution in [0.2, 0.25) is 0 Å². The van der Waals surface area contributed by atoms with E-state index in [1.807, 2.05) is 44.2 Å². The summed E-state index contributed by atoms with van der Waals surface area (Å²) >= 11 is 0. The largest absolute Gasteiger partial charge is 0.302 e.